The van der Waals surface area contributed by atoms with E-state index in [2.05, 4.69) is 37.4 Å². The molecule has 4 aromatic rings. The number of hydrogen-bond acceptors (Lipinski definition) is 6. The standard InChI is InChI=1S/C20H13FN6OS/c1-2-4-13-7-8-16(22-10-13)17-12-29-20(24-17)25-19(28)18-11-23-26-27(18)15-6-3-5-14(21)9-15/h3,5-12H,1H3,(H,24,25,28). The number of nitrogens with zero attached hydrogens (tertiary/aromatic N) is 5. The van der Waals surface area contributed by atoms with Crippen LogP contribution >= 0.6 is 11.3 Å². The maximum absolute atomic E-state index is 13.5. The van der Waals surface area contributed by atoms with E-state index in [-0.39, 0.29) is 5.69 Å². The molecular weight excluding hydrogens is 391 g/mol. The highest BCUT2D eigenvalue weighted by atomic mass is 32.1. The van der Waals surface area contributed by atoms with Crippen molar-refractivity contribution in [3.05, 3.63) is 71.2 Å². The van der Waals surface area contributed by atoms with E-state index in [4.69, 9.17) is 0 Å². The molecule has 0 aliphatic rings. The molecule has 3 heterocycles. The molecule has 0 bridgehead atoms. The van der Waals surface area contributed by atoms with Crippen molar-refractivity contribution in [1.29, 1.82) is 0 Å². The molecule has 9 heteroatoms. The first kappa shape index (κ1) is 18.5. The lowest BCUT2D eigenvalue weighted by Gasteiger charge is -2.05. The molecule has 1 amide bonds. The molecule has 0 atom stereocenters. The SMILES string of the molecule is CC#Cc1ccc(-c2csc(NC(=O)c3cnnn3-c3cccc(F)c3)n2)nc1. The molecule has 0 fully saturated rings. The number of benzene rings is 1. The highest BCUT2D eigenvalue weighted by Crippen LogP contribution is 2.24. The van der Waals surface area contributed by atoms with E-state index >= 15 is 0 Å². The highest BCUT2D eigenvalue weighted by molar-refractivity contribution is 7.14. The maximum atomic E-state index is 13.5. The molecule has 0 saturated carbocycles. The molecule has 0 saturated heterocycles. The lowest BCUT2D eigenvalue weighted by molar-refractivity contribution is 0.101. The van der Waals surface area contributed by atoms with Gasteiger partial charge in [0.2, 0.25) is 0 Å². The summed E-state index contributed by atoms with van der Waals surface area (Å²) in [6, 6.07) is 9.43. The smallest absolute Gasteiger partial charge is 0.277 e. The van der Waals surface area contributed by atoms with E-state index in [1.54, 1.807) is 24.6 Å². The minimum absolute atomic E-state index is 0.160. The minimum Gasteiger partial charge on any atom is -0.296 e. The zero-order valence-corrected chi connectivity index (χ0v) is 15.9. The van der Waals surface area contributed by atoms with Crippen molar-refractivity contribution in [1.82, 2.24) is 25.0 Å². The third-order valence-electron chi connectivity index (χ3n) is 3.85. The second-order valence-electron chi connectivity index (χ2n) is 5.81. The Hall–Kier alpha value is -3.90. The third-order valence-corrected chi connectivity index (χ3v) is 4.61. The molecular formula is C20H13FN6OS. The first-order chi connectivity index (χ1) is 14.1. The predicted molar refractivity (Wildman–Crippen MR) is 107 cm³/mol. The second kappa shape index (κ2) is 8.00. The number of pyridine rings is 1. The van der Waals surface area contributed by atoms with Crippen LogP contribution in [0.2, 0.25) is 0 Å². The number of hydrogen-bond donors (Lipinski definition) is 1. The lowest BCUT2D eigenvalue weighted by Crippen LogP contribution is -2.17. The topological polar surface area (TPSA) is 85.6 Å². The Morgan fingerprint density at radius 3 is 2.86 bits per heavy atom. The number of rotatable bonds is 4. The van der Waals surface area contributed by atoms with Crippen LogP contribution in [0.1, 0.15) is 23.0 Å². The van der Waals surface area contributed by atoms with Crippen LogP contribution in [-0.2, 0) is 0 Å². The van der Waals surface area contributed by atoms with Gasteiger partial charge in [-0.15, -0.1) is 22.4 Å². The normalized spacial score (nSPS) is 10.3. The fourth-order valence-corrected chi connectivity index (χ4v) is 3.26. The summed E-state index contributed by atoms with van der Waals surface area (Å²) in [5.41, 5.74) is 2.69. The summed E-state index contributed by atoms with van der Waals surface area (Å²) in [6.07, 6.45) is 2.98. The van der Waals surface area contributed by atoms with Gasteiger partial charge in [-0.2, -0.15) is 0 Å². The quantitative estimate of drug-likeness (QED) is 0.526. The van der Waals surface area contributed by atoms with Crippen LogP contribution in [0.5, 0.6) is 0 Å². The summed E-state index contributed by atoms with van der Waals surface area (Å²) in [6.45, 7) is 1.76. The van der Waals surface area contributed by atoms with Crippen LogP contribution < -0.4 is 5.32 Å². The Bertz CT molecular complexity index is 1240. The van der Waals surface area contributed by atoms with Crippen LogP contribution in [0.15, 0.2) is 54.2 Å². The highest BCUT2D eigenvalue weighted by Gasteiger charge is 2.17. The number of nitrogens with one attached hydrogen (secondary N) is 1. The lowest BCUT2D eigenvalue weighted by atomic mass is 10.2. The second-order valence-corrected chi connectivity index (χ2v) is 6.67. The number of thiazole rings is 1. The number of amides is 1. The van der Waals surface area contributed by atoms with Crippen LogP contribution in [0.4, 0.5) is 9.52 Å². The number of carbonyl (C=O) groups excluding carboxylic acids is 1. The summed E-state index contributed by atoms with van der Waals surface area (Å²) < 4.78 is 14.8. The van der Waals surface area contributed by atoms with Crippen LogP contribution in [0.3, 0.4) is 0 Å². The van der Waals surface area contributed by atoms with Crippen LogP contribution in [-0.4, -0.2) is 30.9 Å². The Balaban J connectivity index is 1.53. The van der Waals surface area contributed by atoms with Gasteiger partial charge in [-0.05, 0) is 37.3 Å². The molecule has 142 valence electrons. The van der Waals surface area contributed by atoms with Crippen molar-refractivity contribution in [3.63, 3.8) is 0 Å². The first-order valence-electron chi connectivity index (χ1n) is 8.47. The van der Waals surface area contributed by atoms with Gasteiger partial charge in [0.15, 0.2) is 10.8 Å². The fraction of sp³-hybridized carbons (Fsp3) is 0.0500. The molecule has 0 aliphatic heterocycles. The Morgan fingerprint density at radius 1 is 1.21 bits per heavy atom. The van der Waals surface area contributed by atoms with Gasteiger partial charge < -0.3 is 0 Å². The van der Waals surface area contributed by atoms with Crippen molar-refractivity contribution in [2.45, 2.75) is 6.92 Å². The van der Waals surface area contributed by atoms with Gasteiger partial charge >= 0.3 is 0 Å². The van der Waals surface area contributed by atoms with Gasteiger partial charge in [0.05, 0.1) is 17.6 Å². The minimum atomic E-state index is -0.457. The first-order valence-corrected chi connectivity index (χ1v) is 9.35. The molecule has 7 nitrogen and oxygen atoms in total. The zero-order valence-electron chi connectivity index (χ0n) is 15.1. The summed E-state index contributed by atoms with van der Waals surface area (Å²) in [4.78, 5) is 21.4. The fourth-order valence-electron chi connectivity index (χ4n) is 2.56. The molecule has 0 radical (unpaired) electrons. The van der Waals surface area contributed by atoms with Gasteiger partial charge in [-0.3, -0.25) is 15.1 Å². The Morgan fingerprint density at radius 2 is 2.10 bits per heavy atom. The molecule has 29 heavy (non-hydrogen) atoms. The van der Waals surface area contributed by atoms with E-state index < -0.39 is 11.7 Å². The molecule has 1 N–H and O–H groups in total. The van der Waals surface area contributed by atoms with E-state index in [1.165, 1.54) is 40.4 Å². The van der Waals surface area contributed by atoms with Crippen molar-refractivity contribution in [3.8, 4) is 28.9 Å². The van der Waals surface area contributed by atoms with Crippen molar-refractivity contribution in [2.75, 3.05) is 5.32 Å². The maximum Gasteiger partial charge on any atom is 0.277 e. The number of aromatic nitrogens is 5. The van der Waals surface area contributed by atoms with E-state index in [1.807, 2.05) is 12.1 Å². The van der Waals surface area contributed by atoms with E-state index in [0.29, 0.717) is 22.2 Å². The van der Waals surface area contributed by atoms with Crippen molar-refractivity contribution < 1.29 is 9.18 Å². The summed E-state index contributed by atoms with van der Waals surface area (Å²) in [5, 5.41) is 12.5. The molecule has 4 rings (SSSR count). The average Bonchev–Trinajstić information content (AvgIpc) is 3.38. The number of anilines is 1. The monoisotopic (exact) mass is 404 g/mol. The van der Waals surface area contributed by atoms with Crippen molar-refractivity contribution in [2.24, 2.45) is 0 Å². The molecule has 0 spiro atoms. The number of carbonyl (C=O) groups is 1. The van der Waals surface area contributed by atoms with Gasteiger partial charge in [0.1, 0.15) is 11.5 Å². The third kappa shape index (κ3) is 4.02. The number of halogens is 1. The van der Waals surface area contributed by atoms with Crippen LogP contribution in [0.25, 0.3) is 17.1 Å². The Kier molecular flexibility index (Phi) is 5.09. The summed E-state index contributed by atoms with van der Waals surface area (Å²) >= 11 is 1.27. The summed E-state index contributed by atoms with van der Waals surface area (Å²) in [5.74, 6) is 4.86. The molecule has 1 aromatic carbocycles. The van der Waals surface area contributed by atoms with Gasteiger partial charge in [-0.25, -0.2) is 14.1 Å². The Labute approximate surface area is 169 Å². The van der Waals surface area contributed by atoms with E-state index in [9.17, 15) is 9.18 Å². The van der Waals surface area contributed by atoms with Gasteiger partial charge in [0, 0.05) is 17.1 Å². The van der Waals surface area contributed by atoms with E-state index in [0.717, 1.165) is 5.56 Å². The van der Waals surface area contributed by atoms with Gasteiger partial charge in [-0.1, -0.05) is 17.2 Å². The largest absolute Gasteiger partial charge is 0.296 e. The van der Waals surface area contributed by atoms with Crippen molar-refractivity contribution >= 4 is 22.4 Å². The van der Waals surface area contributed by atoms with Gasteiger partial charge in [0.25, 0.3) is 5.91 Å². The molecule has 3 aromatic heterocycles. The average molecular weight is 404 g/mol. The summed E-state index contributed by atoms with van der Waals surface area (Å²) in [7, 11) is 0. The zero-order chi connectivity index (χ0) is 20.2. The predicted octanol–water partition coefficient (Wildman–Crippen LogP) is 3.55. The molecule has 0 aliphatic carbocycles. The van der Waals surface area contributed by atoms with Crippen LogP contribution in [0, 0.1) is 17.7 Å². The molecule has 0 unspecified atom stereocenters.